The van der Waals surface area contributed by atoms with Gasteiger partial charge in [0.05, 0.1) is 11.9 Å². The van der Waals surface area contributed by atoms with Crippen molar-refractivity contribution in [1.82, 2.24) is 4.98 Å². The van der Waals surface area contributed by atoms with Crippen LogP contribution in [0.15, 0.2) is 42.6 Å². The van der Waals surface area contributed by atoms with Crippen LogP contribution in [0, 0.1) is 5.82 Å². The molecule has 98 valence electrons. The minimum absolute atomic E-state index is 0.222. The van der Waals surface area contributed by atoms with Crippen LogP contribution < -0.4 is 10.6 Å². The third-order valence-electron chi connectivity index (χ3n) is 2.70. The van der Waals surface area contributed by atoms with Gasteiger partial charge in [-0.2, -0.15) is 0 Å². The van der Waals surface area contributed by atoms with E-state index in [4.69, 9.17) is 5.73 Å². The first kappa shape index (κ1) is 13.0. The molecule has 0 atom stereocenters. The minimum atomic E-state index is -0.370. The van der Waals surface area contributed by atoms with E-state index in [0.29, 0.717) is 23.6 Å². The SMILES string of the molecule is CCN(C(=O)c1ccc(F)cc1)c1ccc(N)cn1. The fourth-order valence-electron chi connectivity index (χ4n) is 1.72. The van der Waals surface area contributed by atoms with Gasteiger partial charge in [0.2, 0.25) is 0 Å². The lowest BCUT2D eigenvalue weighted by Gasteiger charge is -2.20. The van der Waals surface area contributed by atoms with E-state index in [-0.39, 0.29) is 11.7 Å². The predicted octanol–water partition coefficient (Wildman–Crippen LogP) is 2.47. The third kappa shape index (κ3) is 2.88. The molecule has 0 fully saturated rings. The number of carbonyl (C=O) groups is 1. The lowest BCUT2D eigenvalue weighted by molar-refractivity contribution is 0.0987. The molecule has 0 bridgehead atoms. The van der Waals surface area contributed by atoms with Crippen LogP contribution in [0.4, 0.5) is 15.9 Å². The maximum atomic E-state index is 12.8. The van der Waals surface area contributed by atoms with E-state index in [0.717, 1.165) is 0 Å². The summed E-state index contributed by atoms with van der Waals surface area (Å²) in [7, 11) is 0. The number of halogens is 1. The molecule has 0 spiro atoms. The van der Waals surface area contributed by atoms with Gasteiger partial charge in [0, 0.05) is 12.1 Å². The van der Waals surface area contributed by atoms with E-state index < -0.39 is 0 Å². The Balaban J connectivity index is 2.29. The molecule has 0 unspecified atom stereocenters. The summed E-state index contributed by atoms with van der Waals surface area (Å²) >= 11 is 0. The standard InChI is InChI=1S/C14H14FN3O/c1-2-18(13-8-7-12(16)9-17-13)14(19)10-3-5-11(15)6-4-10/h3-9H,2,16H2,1H3. The van der Waals surface area contributed by atoms with Gasteiger partial charge in [-0.1, -0.05) is 0 Å². The second-order valence-electron chi connectivity index (χ2n) is 4.01. The molecule has 0 aliphatic heterocycles. The highest BCUT2D eigenvalue weighted by Crippen LogP contribution is 2.16. The zero-order chi connectivity index (χ0) is 13.8. The zero-order valence-electron chi connectivity index (χ0n) is 10.5. The van der Waals surface area contributed by atoms with E-state index in [2.05, 4.69) is 4.98 Å². The smallest absolute Gasteiger partial charge is 0.259 e. The number of aromatic nitrogens is 1. The molecule has 1 aromatic heterocycles. The van der Waals surface area contributed by atoms with Crippen molar-refractivity contribution in [1.29, 1.82) is 0 Å². The van der Waals surface area contributed by atoms with Crippen molar-refractivity contribution in [2.24, 2.45) is 0 Å². The summed E-state index contributed by atoms with van der Waals surface area (Å²) in [6.45, 7) is 2.31. The quantitative estimate of drug-likeness (QED) is 0.921. The van der Waals surface area contributed by atoms with E-state index in [1.54, 1.807) is 12.1 Å². The van der Waals surface area contributed by atoms with Crippen molar-refractivity contribution in [3.63, 3.8) is 0 Å². The number of pyridine rings is 1. The Bertz CT molecular complexity index is 566. The molecule has 0 aliphatic rings. The molecule has 0 saturated heterocycles. The van der Waals surface area contributed by atoms with Crippen molar-refractivity contribution in [3.8, 4) is 0 Å². The van der Waals surface area contributed by atoms with Gasteiger partial charge < -0.3 is 5.73 Å². The Morgan fingerprint density at radius 2 is 1.95 bits per heavy atom. The van der Waals surface area contributed by atoms with Gasteiger partial charge in [0.15, 0.2) is 0 Å². The predicted molar refractivity (Wildman–Crippen MR) is 72.4 cm³/mol. The molecule has 2 aromatic rings. The fourth-order valence-corrected chi connectivity index (χ4v) is 1.72. The third-order valence-corrected chi connectivity index (χ3v) is 2.70. The van der Waals surface area contributed by atoms with E-state index >= 15 is 0 Å². The maximum absolute atomic E-state index is 12.8. The zero-order valence-corrected chi connectivity index (χ0v) is 10.5. The molecular formula is C14H14FN3O. The molecule has 2 N–H and O–H groups in total. The lowest BCUT2D eigenvalue weighted by atomic mass is 10.2. The molecule has 1 heterocycles. The van der Waals surface area contributed by atoms with Crippen LogP contribution >= 0.6 is 0 Å². The van der Waals surface area contributed by atoms with Crippen LogP contribution in [-0.2, 0) is 0 Å². The maximum Gasteiger partial charge on any atom is 0.259 e. The molecule has 4 nitrogen and oxygen atoms in total. The van der Waals surface area contributed by atoms with Crippen molar-refractivity contribution in [2.45, 2.75) is 6.92 Å². The number of carbonyl (C=O) groups excluding carboxylic acids is 1. The molecule has 0 radical (unpaired) electrons. The minimum Gasteiger partial charge on any atom is -0.397 e. The number of hydrogen-bond donors (Lipinski definition) is 1. The van der Waals surface area contributed by atoms with Gasteiger partial charge in [-0.25, -0.2) is 9.37 Å². The number of anilines is 2. The van der Waals surface area contributed by atoms with Crippen molar-refractivity contribution >= 4 is 17.4 Å². The normalized spacial score (nSPS) is 10.2. The molecular weight excluding hydrogens is 245 g/mol. The summed E-state index contributed by atoms with van der Waals surface area (Å²) in [5.74, 6) is -0.0731. The molecule has 1 amide bonds. The van der Waals surface area contributed by atoms with Crippen LogP contribution in [0.1, 0.15) is 17.3 Å². The summed E-state index contributed by atoms with van der Waals surface area (Å²) in [5.41, 5.74) is 6.52. The van der Waals surface area contributed by atoms with Crippen molar-refractivity contribution < 1.29 is 9.18 Å². The molecule has 0 saturated carbocycles. The Morgan fingerprint density at radius 3 is 2.47 bits per heavy atom. The summed E-state index contributed by atoms with van der Waals surface area (Å²) < 4.78 is 12.8. The fraction of sp³-hybridized carbons (Fsp3) is 0.143. The molecule has 2 rings (SSSR count). The van der Waals surface area contributed by atoms with Gasteiger partial charge in [-0.3, -0.25) is 9.69 Å². The summed E-state index contributed by atoms with van der Waals surface area (Å²) in [5, 5.41) is 0. The van der Waals surface area contributed by atoms with Crippen LogP contribution in [0.2, 0.25) is 0 Å². The Morgan fingerprint density at radius 1 is 1.26 bits per heavy atom. The highest BCUT2D eigenvalue weighted by atomic mass is 19.1. The molecule has 1 aromatic carbocycles. The molecule has 5 heteroatoms. The van der Waals surface area contributed by atoms with E-state index in [1.165, 1.54) is 35.4 Å². The molecule has 0 aliphatic carbocycles. The van der Waals surface area contributed by atoms with Gasteiger partial charge in [-0.15, -0.1) is 0 Å². The van der Waals surface area contributed by atoms with Gasteiger partial charge in [0.1, 0.15) is 11.6 Å². The lowest BCUT2D eigenvalue weighted by Crippen LogP contribution is -2.31. The van der Waals surface area contributed by atoms with Gasteiger partial charge >= 0.3 is 0 Å². The number of hydrogen-bond acceptors (Lipinski definition) is 3. The highest BCUT2D eigenvalue weighted by Gasteiger charge is 2.16. The number of nitrogen functional groups attached to an aromatic ring is 1. The largest absolute Gasteiger partial charge is 0.397 e. The van der Waals surface area contributed by atoms with Crippen molar-refractivity contribution in [2.75, 3.05) is 17.2 Å². The second kappa shape index (κ2) is 5.48. The second-order valence-corrected chi connectivity index (χ2v) is 4.01. The van der Waals surface area contributed by atoms with Gasteiger partial charge in [0.25, 0.3) is 5.91 Å². The van der Waals surface area contributed by atoms with E-state index in [1.807, 2.05) is 6.92 Å². The average Bonchev–Trinajstić information content (AvgIpc) is 2.42. The number of amides is 1. The first-order valence-corrected chi connectivity index (χ1v) is 5.90. The monoisotopic (exact) mass is 259 g/mol. The first-order valence-electron chi connectivity index (χ1n) is 5.90. The van der Waals surface area contributed by atoms with Crippen LogP contribution in [0.5, 0.6) is 0 Å². The van der Waals surface area contributed by atoms with Gasteiger partial charge in [-0.05, 0) is 43.3 Å². The highest BCUT2D eigenvalue weighted by molar-refractivity contribution is 6.05. The number of nitrogens with zero attached hydrogens (tertiary/aromatic N) is 2. The molecule has 19 heavy (non-hydrogen) atoms. The number of nitrogens with two attached hydrogens (primary N) is 1. The number of benzene rings is 1. The summed E-state index contributed by atoms with van der Waals surface area (Å²) in [6, 6.07) is 8.80. The number of rotatable bonds is 3. The van der Waals surface area contributed by atoms with Crippen LogP contribution in [-0.4, -0.2) is 17.4 Å². The Labute approximate surface area is 110 Å². The van der Waals surface area contributed by atoms with E-state index in [9.17, 15) is 9.18 Å². The van der Waals surface area contributed by atoms with Crippen LogP contribution in [0.3, 0.4) is 0 Å². The summed E-state index contributed by atoms with van der Waals surface area (Å²) in [6.07, 6.45) is 1.50. The average molecular weight is 259 g/mol. The summed E-state index contributed by atoms with van der Waals surface area (Å²) in [4.78, 5) is 17.9. The first-order chi connectivity index (χ1) is 9.11. The van der Waals surface area contributed by atoms with Crippen LogP contribution in [0.25, 0.3) is 0 Å². The Hall–Kier alpha value is -2.43. The Kier molecular flexibility index (Phi) is 3.75. The topological polar surface area (TPSA) is 59.2 Å². The van der Waals surface area contributed by atoms with Crippen molar-refractivity contribution in [3.05, 3.63) is 54.0 Å².